The van der Waals surface area contributed by atoms with Crippen LogP contribution in [0.25, 0.3) is 11.4 Å². The molecule has 0 unspecified atom stereocenters. The van der Waals surface area contributed by atoms with Gasteiger partial charge < -0.3 is 9.80 Å². The van der Waals surface area contributed by atoms with E-state index in [0.717, 1.165) is 42.9 Å². The minimum Gasteiger partial charge on any atom is -0.333 e. The molecule has 3 aromatic carbocycles. The van der Waals surface area contributed by atoms with Crippen LogP contribution >= 0.6 is 0 Å². The molecule has 0 bridgehead atoms. The van der Waals surface area contributed by atoms with Gasteiger partial charge in [-0.2, -0.15) is 5.10 Å². The van der Waals surface area contributed by atoms with Crippen LogP contribution in [-0.2, 0) is 17.9 Å². The highest BCUT2D eigenvalue weighted by atomic mass is 16.2. The van der Waals surface area contributed by atoms with Crippen molar-refractivity contribution in [3.8, 4) is 11.4 Å². The molecule has 0 saturated carbocycles. The Bertz CT molecular complexity index is 1370. The minimum absolute atomic E-state index is 0.00365. The van der Waals surface area contributed by atoms with Gasteiger partial charge in [0.15, 0.2) is 5.82 Å². The average Bonchev–Trinajstić information content (AvgIpc) is 3.48. The standard InChI is InChI=1S/C30H32N6O2/c1-23(37)36-16-8-15-34(20-24-9-3-2-4-10-24)17-18-35(21-27-11-5-6-14-28(27)36)30(38)26-13-7-12-25(19-26)29-31-22-32-33-29/h2-7,9-14,19,22H,8,15-18,20-21H2,1H3,(H,31,32,33). The fourth-order valence-corrected chi connectivity index (χ4v) is 4.97. The number of para-hydroxylation sites is 1. The molecule has 8 heteroatoms. The summed E-state index contributed by atoms with van der Waals surface area (Å²) in [6.07, 6.45) is 2.30. The van der Waals surface area contributed by atoms with Crippen LogP contribution < -0.4 is 4.90 Å². The van der Waals surface area contributed by atoms with E-state index in [-0.39, 0.29) is 11.8 Å². The summed E-state index contributed by atoms with van der Waals surface area (Å²) in [6, 6.07) is 25.7. The highest BCUT2D eigenvalue weighted by Crippen LogP contribution is 2.25. The van der Waals surface area contributed by atoms with E-state index in [2.05, 4.69) is 32.2 Å². The van der Waals surface area contributed by atoms with Crippen LogP contribution in [0.5, 0.6) is 0 Å². The van der Waals surface area contributed by atoms with Gasteiger partial charge in [-0.15, -0.1) is 0 Å². The molecule has 1 aliphatic heterocycles. The number of hydrogen-bond acceptors (Lipinski definition) is 5. The van der Waals surface area contributed by atoms with Crippen molar-refractivity contribution < 1.29 is 9.59 Å². The largest absolute Gasteiger partial charge is 0.333 e. The predicted molar refractivity (Wildman–Crippen MR) is 147 cm³/mol. The highest BCUT2D eigenvalue weighted by molar-refractivity contribution is 5.96. The van der Waals surface area contributed by atoms with Gasteiger partial charge in [0.25, 0.3) is 5.91 Å². The number of hydrogen-bond donors (Lipinski definition) is 1. The third-order valence-corrected chi connectivity index (χ3v) is 6.90. The maximum absolute atomic E-state index is 13.9. The van der Waals surface area contributed by atoms with Gasteiger partial charge in [-0.05, 0) is 35.7 Å². The first-order chi connectivity index (χ1) is 18.6. The molecule has 194 valence electrons. The van der Waals surface area contributed by atoms with Crippen LogP contribution in [0.15, 0.2) is 85.2 Å². The summed E-state index contributed by atoms with van der Waals surface area (Å²) in [5, 5.41) is 6.80. The van der Waals surface area contributed by atoms with Crippen molar-refractivity contribution >= 4 is 17.5 Å². The van der Waals surface area contributed by atoms with Crippen molar-refractivity contribution in [3.05, 3.63) is 102 Å². The first-order valence-electron chi connectivity index (χ1n) is 13.0. The van der Waals surface area contributed by atoms with Crippen molar-refractivity contribution in [2.75, 3.05) is 31.1 Å². The molecule has 0 radical (unpaired) electrons. The molecule has 2 heterocycles. The lowest BCUT2D eigenvalue weighted by atomic mass is 10.1. The van der Waals surface area contributed by atoms with E-state index in [1.165, 1.54) is 11.9 Å². The van der Waals surface area contributed by atoms with Crippen molar-refractivity contribution in [2.45, 2.75) is 26.4 Å². The molecular formula is C30H32N6O2. The van der Waals surface area contributed by atoms with E-state index in [1.54, 1.807) is 6.92 Å². The number of fused-ring (bicyclic) bond motifs is 1. The molecule has 1 N–H and O–H groups in total. The monoisotopic (exact) mass is 508 g/mol. The first kappa shape index (κ1) is 25.4. The van der Waals surface area contributed by atoms with Crippen LogP contribution in [0.1, 0.15) is 34.8 Å². The summed E-state index contributed by atoms with van der Waals surface area (Å²) in [4.78, 5) is 37.0. The summed E-state index contributed by atoms with van der Waals surface area (Å²) < 4.78 is 0. The number of anilines is 1. The third kappa shape index (κ3) is 5.98. The first-order valence-corrected chi connectivity index (χ1v) is 13.0. The van der Waals surface area contributed by atoms with Crippen molar-refractivity contribution in [1.82, 2.24) is 25.0 Å². The zero-order valence-electron chi connectivity index (χ0n) is 21.6. The lowest BCUT2D eigenvalue weighted by Gasteiger charge is -2.28. The Hall–Kier alpha value is -4.30. The van der Waals surface area contributed by atoms with Gasteiger partial charge in [0.1, 0.15) is 6.33 Å². The van der Waals surface area contributed by atoms with Crippen LogP contribution in [0, 0.1) is 0 Å². The molecule has 5 rings (SSSR count). The number of rotatable bonds is 4. The number of nitrogens with zero attached hydrogens (tertiary/aromatic N) is 5. The van der Waals surface area contributed by atoms with Crippen LogP contribution in [-0.4, -0.2) is 63.0 Å². The second-order valence-electron chi connectivity index (χ2n) is 9.56. The molecule has 0 aliphatic carbocycles. The topological polar surface area (TPSA) is 85.4 Å². The molecular weight excluding hydrogens is 476 g/mol. The second-order valence-corrected chi connectivity index (χ2v) is 9.56. The van der Waals surface area contributed by atoms with Crippen LogP contribution in [0.4, 0.5) is 5.69 Å². The SMILES string of the molecule is CC(=O)N1CCCN(Cc2ccccc2)CCN(C(=O)c2cccc(-c3ncn[nH]3)c2)Cc2ccccc21. The Morgan fingerprint density at radius 2 is 1.71 bits per heavy atom. The number of H-pyrrole nitrogens is 1. The van der Waals surface area contributed by atoms with E-state index in [9.17, 15) is 9.59 Å². The van der Waals surface area contributed by atoms with E-state index in [4.69, 9.17) is 0 Å². The maximum atomic E-state index is 13.9. The summed E-state index contributed by atoms with van der Waals surface area (Å²) in [7, 11) is 0. The fraction of sp³-hybridized carbons (Fsp3) is 0.267. The molecule has 2 amide bonds. The Morgan fingerprint density at radius 1 is 0.895 bits per heavy atom. The van der Waals surface area contributed by atoms with Crippen LogP contribution in [0.2, 0.25) is 0 Å². The number of nitrogens with one attached hydrogen (secondary N) is 1. The number of amides is 2. The number of carbonyl (C=O) groups excluding carboxylic acids is 2. The molecule has 38 heavy (non-hydrogen) atoms. The molecule has 1 aromatic heterocycles. The lowest BCUT2D eigenvalue weighted by Crippen LogP contribution is -2.38. The number of aromatic nitrogens is 3. The predicted octanol–water partition coefficient (Wildman–Crippen LogP) is 4.37. The minimum atomic E-state index is -0.0607. The zero-order valence-corrected chi connectivity index (χ0v) is 21.6. The van der Waals surface area contributed by atoms with E-state index in [0.29, 0.717) is 31.0 Å². The maximum Gasteiger partial charge on any atom is 0.254 e. The van der Waals surface area contributed by atoms with Gasteiger partial charge in [-0.3, -0.25) is 19.6 Å². The molecule has 0 saturated heterocycles. The van der Waals surface area contributed by atoms with Gasteiger partial charge in [-0.25, -0.2) is 4.98 Å². The van der Waals surface area contributed by atoms with Gasteiger partial charge in [0.2, 0.25) is 5.91 Å². The normalized spacial score (nSPS) is 15.0. The lowest BCUT2D eigenvalue weighted by molar-refractivity contribution is -0.116. The van der Waals surface area contributed by atoms with E-state index in [1.807, 2.05) is 76.5 Å². The Morgan fingerprint density at radius 3 is 2.50 bits per heavy atom. The summed E-state index contributed by atoms with van der Waals surface area (Å²) >= 11 is 0. The summed E-state index contributed by atoms with van der Waals surface area (Å²) in [6.45, 7) is 5.55. The van der Waals surface area contributed by atoms with Crippen molar-refractivity contribution in [2.24, 2.45) is 0 Å². The molecule has 1 aliphatic rings. The number of carbonyl (C=O) groups is 2. The van der Waals surface area contributed by atoms with E-state index >= 15 is 0 Å². The number of aromatic amines is 1. The van der Waals surface area contributed by atoms with Gasteiger partial charge in [-0.1, -0.05) is 60.7 Å². The fourth-order valence-electron chi connectivity index (χ4n) is 4.97. The average molecular weight is 509 g/mol. The van der Waals surface area contributed by atoms with Gasteiger partial charge in [0.05, 0.1) is 0 Å². The molecule has 0 spiro atoms. The van der Waals surface area contributed by atoms with Crippen molar-refractivity contribution in [3.63, 3.8) is 0 Å². The van der Waals surface area contributed by atoms with E-state index < -0.39 is 0 Å². The smallest absolute Gasteiger partial charge is 0.254 e. The zero-order chi connectivity index (χ0) is 26.3. The molecule has 8 nitrogen and oxygen atoms in total. The Balaban J connectivity index is 1.47. The van der Waals surface area contributed by atoms with Crippen molar-refractivity contribution in [1.29, 1.82) is 0 Å². The second kappa shape index (κ2) is 11.8. The third-order valence-electron chi connectivity index (χ3n) is 6.90. The summed E-state index contributed by atoms with van der Waals surface area (Å²) in [5.74, 6) is 0.562. The van der Waals surface area contributed by atoms with Crippen LogP contribution in [0.3, 0.4) is 0 Å². The Labute approximate surface area is 222 Å². The van der Waals surface area contributed by atoms with Gasteiger partial charge >= 0.3 is 0 Å². The molecule has 4 aromatic rings. The highest BCUT2D eigenvalue weighted by Gasteiger charge is 2.23. The quantitative estimate of drug-likeness (QED) is 0.442. The Kier molecular flexibility index (Phi) is 7.89. The molecule has 0 fully saturated rings. The summed E-state index contributed by atoms with van der Waals surface area (Å²) in [5.41, 5.74) is 4.44. The van der Waals surface area contributed by atoms with Gasteiger partial charge in [0, 0.05) is 63.0 Å². The molecule has 0 atom stereocenters. The number of benzene rings is 3.